The fourth-order valence-corrected chi connectivity index (χ4v) is 1.50. The molecule has 0 spiro atoms. The smallest absolute Gasteiger partial charge is 0.139 e. The number of carbonyl (C=O) groups excluding carboxylic acids is 1. The Kier molecular flexibility index (Phi) is 3.83. The fourth-order valence-electron chi connectivity index (χ4n) is 0.499. The molecule has 0 aliphatic heterocycles. The van der Waals surface area contributed by atoms with Gasteiger partial charge in [0.15, 0.2) is 0 Å². The van der Waals surface area contributed by atoms with Crippen LogP contribution in [0.4, 0.5) is 0 Å². The third kappa shape index (κ3) is 3.61. The van der Waals surface area contributed by atoms with Crippen LogP contribution in [0.1, 0.15) is 41.5 Å². The van der Waals surface area contributed by atoms with Crippen LogP contribution in [0, 0.1) is 5.41 Å². The second-order valence-corrected chi connectivity index (χ2v) is 6.35. The Balaban J connectivity index is 4.14. The summed E-state index contributed by atoms with van der Waals surface area (Å²) < 4.78 is 0.165. The van der Waals surface area contributed by atoms with Crippen molar-refractivity contribution in [3.05, 3.63) is 0 Å². The van der Waals surface area contributed by atoms with Gasteiger partial charge in [-0.1, -0.05) is 34.6 Å². The Morgan fingerprint density at radius 3 is 1.83 bits per heavy atom. The molecule has 0 rings (SSSR count). The molecule has 72 valence electrons. The maximum atomic E-state index is 10.8. The Bertz CT molecular complexity index is 165. The van der Waals surface area contributed by atoms with E-state index >= 15 is 0 Å². The zero-order valence-corrected chi connectivity index (χ0v) is 9.84. The molecule has 0 atom stereocenters. The molecule has 0 heterocycles. The number of ketones is 1. The van der Waals surface area contributed by atoms with Crippen molar-refractivity contribution in [3.8, 4) is 0 Å². The van der Waals surface area contributed by atoms with Gasteiger partial charge in [0, 0.05) is 4.75 Å². The van der Waals surface area contributed by atoms with Crippen molar-refractivity contribution in [3.63, 3.8) is 0 Å². The van der Waals surface area contributed by atoms with Crippen LogP contribution in [0.5, 0.6) is 0 Å². The zero-order valence-electron chi connectivity index (χ0n) is 9.02. The lowest BCUT2D eigenvalue weighted by Crippen LogP contribution is -2.33. The SMILES string of the molecule is CC(=O)CSC(C)(C)C(C)(C)C. The third-order valence-electron chi connectivity index (χ3n) is 2.44. The molecule has 0 amide bonds. The van der Waals surface area contributed by atoms with E-state index < -0.39 is 0 Å². The van der Waals surface area contributed by atoms with E-state index in [0.717, 1.165) is 0 Å². The molecule has 0 saturated carbocycles. The summed E-state index contributed by atoms with van der Waals surface area (Å²) >= 11 is 1.74. The van der Waals surface area contributed by atoms with Crippen LogP contribution in [0.3, 0.4) is 0 Å². The van der Waals surface area contributed by atoms with Gasteiger partial charge in [0.05, 0.1) is 5.75 Å². The molecule has 0 aliphatic rings. The Morgan fingerprint density at radius 1 is 1.17 bits per heavy atom. The molecular weight excluding hydrogens is 168 g/mol. The molecule has 0 saturated heterocycles. The molecule has 0 N–H and O–H groups in total. The van der Waals surface area contributed by atoms with Crippen LogP contribution < -0.4 is 0 Å². The van der Waals surface area contributed by atoms with Crippen LogP contribution in [0.25, 0.3) is 0 Å². The van der Waals surface area contributed by atoms with Crippen molar-refractivity contribution in [1.82, 2.24) is 0 Å². The van der Waals surface area contributed by atoms with E-state index in [1.807, 2.05) is 0 Å². The molecule has 12 heavy (non-hydrogen) atoms. The lowest BCUT2D eigenvalue weighted by molar-refractivity contribution is -0.114. The van der Waals surface area contributed by atoms with E-state index in [1.54, 1.807) is 18.7 Å². The topological polar surface area (TPSA) is 17.1 Å². The number of thioether (sulfide) groups is 1. The van der Waals surface area contributed by atoms with Crippen molar-refractivity contribution in [2.75, 3.05) is 5.75 Å². The van der Waals surface area contributed by atoms with Crippen LogP contribution >= 0.6 is 11.8 Å². The van der Waals surface area contributed by atoms with Crippen molar-refractivity contribution >= 4 is 17.5 Å². The largest absolute Gasteiger partial charge is 0.299 e. The van der Waals surface area contributed by atoms with Gasteiger partial charge in [-0.3, -0.25) is 4.79 Å². The molecule has 0 aliphatic carbocycles. The van der Waals surface area contributed by atoms with Gasteiger partial charge >= 0.3 is 0 Å². The molecule has 0 radical (unpaired) electrons. The van der Waals surface area contributed by atoms with Gasteiger partial charge < -0.3 is 0 Å². The Morgan fingerprint density at radius 2 is 1.58 bits per heavy atom. The van der Waals surface area contributed by atoms with Gasteiger partial charge in [0.25, 0.3) is 0 Å². The van der Waals surface area contributed by atoms with E-state index in [4.69, 9.17) is 0 Å². The Labute approximate surface area is 80.3 Å². The van der Waals surface area contributed by atoms with Gasteiger partial charge in [0.1, 0.15) is 5.78 Å². The third-order valence-corrected chi connectivity index (χ3v) is 4.33. The monoisotopic (exact) mass is 188 g/mol. The first kappa shape index (κ1) is 12.0. The lowest BCUT2D eigenvalue weighted by atomic mass is 9.83. The number of rotatable bonds is 3. The number of Topliss-reactive ketones (excluding diaryl/α,β-unsaturated/α-hetero) is 1. The second kappa shape index (κ2) is 3.82. The minimum Gasteiger partial charge on any atom is -0.299 e. The summed E-state index contributed by atoms with van der Waals surface area (Å²) in [5.41, 5.74) is 0.243. The molecule has 2 heteroatoms. The van der Waals surface area contributed by atoms with E-state index in [0.29, 0.717) is 5.75 Å². The van der Waals surface area contributed by atoms with Gasteiger partial charge in [-0.05, 0) is 12.3 Å². The van der Waals surface area contributed by atoms with Crippen molar-refractivity contribution in [1.29, 1.82) is 0 Å². The number of carbonyl (C=O) groups is 1. The van der Waals surface area contributed by atoms with Gasteiger partial charge in [-0.2, -0.15) is 0 Å². The number of hydrogen-bond donors (Lipinski definition) is 0. The highest BCUT2D eigenvalue weighted by Gasteiger charge is 2.33. The molecular formula is C10H20OS. The van der Waals surface area contributed by atoms with Crippen molar-refractivity contribution < 1.29 is 4.79 Å². The highest BCUT2D eigenvalue weighted by atomic mass is 32.2. The summed E-state index contributed by atoms with van der Waals surface area (Å²) in [7, 11) is 0. The Hall–Kier alpha value is 0.0200. The maximum absolute atomic E-state index is 10.8. The van der Waals surface area contributed by atoms with Crippen LogP contribution in [0.15, 0.2) is 0 Å². The minimum atomic E-state index is 0.165. The standard InChI is InChI=1S/C10H20OS/c1-8(11)7-12-10(5,6)9(2,3)4/h7H2,1-6H3. The first-order valence-electron chi connectivity index (χ1n) is 4.30. The molecule has 0 unspecified atom stereocenters. The van der Waals surface area contributed by atoms with Gasteiger partial charge in [0.2, 0.25) is 0 Å². The zero-order chi connectivity index (χ0) is 9.99. The number of hydrogen-bond acceptors (Lipinski definition) is 2. The molecule has 0 aromatic carbocycles. The molecule has 1 nitrogen and oxygen atoms in total. The summed E-state index contributed by atoms with van der Waals surface area (Å²) in [5, 5.41) is 0. The van der Waals surface area contributed by atoms with Crippen molar-refractivity contribution in [2.24, 2.45) is 5.41 Å². The molecule has 0 aromatic rings. The normalized spacial score (nSPS) is 13.2. The van der Waals surface area contributed by atoms with Crippen LogP contribution in [-0.4, -0.2) is 16.3 Å². The average molecular weight is 188 g/mol. The predicted molar refractivity (Wildman–Crippen MR) is 56.7 cm³/mol. The summed E-state index contributed by atoms with van der Waals surface area (Å²) in [5.74, 6) is 0.891. The molecule has 0 fully saturated rings. The lowest BCUT2D eigenvalue weighted by Gasteiger charge is -2.38. The van der Waals surface area contributed by atoms with Crippen LogP contribution in [0.2, 0.25) is 0 Å². The van der Waals surface area contributed by atoms with E-state index in [9.17, 15) is 4.79 Å². The van der Waals surface area contributed by atoms with Crippen molar-refractivity contribution in [2.45, 2.75) is 46.3 Å². The predicted octanol–water partition coefficient (Wildman–Crippen LogP) is 3.13. The highest BCUT2D eigenvalue weighted by molar-refractivity contribution is 8.01. The van der Waals surface area contributed by atoms with E-state index in [1.165, 1.54) is 0 Å². The fraction of sp³-hybridized carbons (Fsp3) is 0.900. The quantitative estimate of drug-likeness (QED) is 0.677. The van der Waals surface area contributed by atoms with Gasteiger partial charge in [-0.15, -0.1) is 11.8 Å². The second-order valence-electron chi connectivity index (χ2n) is 4.75. The molecule has 0 bridgehead atoms. The first-order valence-corrected chi connectivity index (χ1v) is 5.29. The van der Waals surface area contributed by atoms with Crippen LogP contribution in [-0.2, 0) is 4.79 Å². The maximum Gasteiger partial charge on any atom is 0.139 e. The van der Waals surface area contributed by atoms with E-state index in [-0.39, 0.29) is 15.9 Å². The average Bonchev–Trinajstić information content (AvgIpc) is 1.81. The first-order chi connectivity index (χ1) is 5.17. The summed E-state index contributed by atoms with van der Waals surface area (Å²) in [6, 6.07) is 0. The minimum absolute atomic E-state index is 0.165. The summed E-state index contributed by atoms with van der Waals surface area (Å²) in [6.45, 7) is 12.7. The summed E-state index contributed by atoms with van der Waals surface area (Å²) in [6.07, 6.45) is 0. The highest BCUT2D eigenvalue weighted by Crippen LogP contribution is 2.40. The summed E-state index contributed by atoms with van der Waals surface area (Å²) in [4.78, 5) is 10.8. The van der Waals surface area contributed by atoms with E-state index in [2.05, 4.69) is 34.6 Å². The van der Waals surface area contributed by atoms with Gasteiger partial charge in [-0.25, -0.2) is 0 Å². The molecule has 0 aromatic heterocycles.